The summed E-state index contributed by atoms with van der Waals surface area (Å²) < 4.78 is 35.3. The third-order valence-corrected chi connectivity index (χ3v) is 1.56. The summed E-state index contributed by atoms with van der Waals surface area (Å²) in [6.45, 7) is 0. The van der Waals surface area contributed by atoms with Gasteiger partial charge in [-0.1, -0.05) is 0 Å². The van der Waals surface area contributed by atoms with Crippen LogP contribution in [0.25, 0.3) is 0 Å². The van der Waals surface area contributed by atoms with Gasteiger partial charge in [0, 0.05) is 6.42 Å². The highest BCUT2D eigenvalue weighted by Gasteiger charge is 2.56. The highest BCUT2D eigenvalue weighted by Crippen LogP contribution is 2.43. The van der Waals surface area contributed by atoms with Gasteiger partial charge in [0.2, 0.25) is 0 Å². The van der Waals surface area contributed by atoms with Crippen molar-refractivity contribution in [1.29, 1.82) is 0 Å². The Kier molecular flexibility index (Phi) is 1.19. The van der Waals surface area contributed by atoms with Crippen molar-refractivity contribution in [3.8, 4) is 0 Å². The van der Waals surface area contributed by atoms with Crippen molar-refractivity contribution >= 4 is 11.6 Å². The van der Waals surface area contributed by atoms with E-state index in [1.807, 2.05) is 0 Å². The largest absolute Gasteiger partial charge is 0.281 e. The van der Waals surface area contributed by atoms with Crippen molar-refractivity contribution in [3.63, 3.8) is 0 Å². The average Bonchev–Trinajstić information content (AvgIpc) is 1.65. The predicted molar refractivity (Wildman–Crippen MR) is 24.1 cm³/mol. The van der Waals surface area contributed by atoms with Gasteiger partial charge in [0.05, 0.1) is 5.38 Å². The molecule has 1 saturated carbocycles. The minimum Gasteiger partial charge on any atom is -0.239 e. The Morgan fingerprint density at radius 2 is 2.00 bits per heavy atom. The van der Waals surface area contributed by atoms with Gasteiger partial charge in [-0.3, -0.25) is 0 Å². The maximum absolute atomic E-state index is 11.8. The van der Waals surface area contributed by atoms with E-state index in [4.69, 9.17) is 11.6 Å². The van der Waals surface area contributed by atoms with Gasteiger partial charge >= 0.3 is 0 Å². The van der Waals surface area contributed by atoms with E-state index in [0.29, 0.717) is 0 Å². The summed E-state index contributed by atoms with van der Waals surface area (Å²) >= 11 is 5.03. The van der Waals surface area contributed by atoms with Gasteiger partial charge in [-0.15, -0.1) is 11.6 Å². The molecule has 0 bridgehead atoms. The summed E-state index contributed by atoms with van der Waals surface area (Å²) in [5, 5.41) is -0.968. The lowest BCUT2D eigenvalue weighted by molar-refractivity contribution is -0.138. The quantitative estimate of drug-likeness (QED) is 0.456. The first-order chi connectivity index (χ1) is 3.54. The molecule has 0 nitrogen and oxygen atoms in total. The molecule has 2 atom stereocenters. The summed E-state index contributed by atoms with van der Waals surface area (Å²) in [6, 6.07) is 0. The summed E-state index contributed by atoms with van der Waals surface area (Å²) in [6.07, 6.45) is -2.64. The molecular formula is C4H4ClF3. The number of halogens is 4. The molecule has 0 N–H and O–H groups in total. The first-order valence-corrected chi connectivity index (χ1v) is 2.63. The molecule has 0 aromatic heterocycles. The fraction of sp³-hybridized carbons (Fsp3) is 1.00. The van der Waals surface area contributed by atoms with Gasteiger partial charge < -0.3 is 0 Å². The monoisotopic (exact) mass is 144 g/mol. The smallest absolute Gasteiger partial charge is 0.239 e. The molecule has 8 heavy (non-hydrogen) atoms. The molecule has 0 aromatic rings. The molecule has 0 unspecified atom stereocenters. The van der Waals surface area contributed by atoms with Crippen molar-refractivity contribution in [2.45, 2.75) is 23.9 Å². The number of alkyl halides is 4. The van der Waals surface area contributed by atoms with Crippen LogP contribution in [-0.4, -0.2) is 17.5 Å². The fourth-order valence-electron chi connectivity index (χ4n) is 0.580. The summed E-state index contributed by atoms with van der Waals surface area (Å²) in [7, 11) is 0. The Hall–Kier alpha value is 0.0800. The van der Waals surface area contributed by atoms with Gasteiger partial charge in [0.15, 0.2) is 6.17 Å². The van der Waals surface area contributed by atoms with E-state index in [1.165, 1.54) is 0 Å². The van der Waals surface area contributed by atoms with E-state index in [-0.39, 0.29) is 0 Å². The molecule has 0 saturated heterocycles. The van der Waals surface area contributed by atoms with E-state index in [1.54, 1.807) is 0 Å². The van der Waals surface area contributed by atoms with Crippen LogP contribution >= 0.6 is 11.6 Å². The normalized spacial score (nSPS) is 43.5. The van der Waals surface area contributed by atoms with Crippen molar-refractivity contribution < 1.29 is 13.2 Å². The first kappa shape index (κ1) is 6.20. The van der Waals surface area contributed by atoms with E-state index >= 15 is 0 Å². The van der Waals surface area contributed by atoms with Crippen LogP contribution in [0.3, 0.4) is 0 Å². The Bertz CT molecular complexity index is 103. The molecule has 1 rings (SSSR count). The van der Waals surface area contributed by atoms with Gasteiger partial charge in [-0.25, -0.2) is 13.2 Å². The van der Waals surface area contributed by atoms with E-state index in [2.05, 4.69) is 0 Å². The van der Waals surface area contributed by atoms with Crippen LogP contribution in [0.5, 0.6) is 0 Å². The lowest BCUT2D eigenvalue weighted by Gasteiger charge is -2.34. The number of hydrogen-bond donors (Lipinski definition) is 0. The second-order valence-electron chi connectivity index (χ2n) is 1.88. The molecule has 48 valence electrons. The molecule has 0 aromatic carbocycles. The summed E-state index contributed by atoms with van der Waals surface area (Å²) in [4.78, 5) is 0. The van der Waals surface area contributed by atoms with Crippen molar-refractivity contribution in [2.75, 3.05) is 0 Å². The van der Waals surface area contributed by atoms with Crippen molar-refractivity contribution in [2.24, 2.45) is 0 Å². The van der Waals surface area contributed by atoms with Crippen LogP contribution in [0.15, 0.2) is 0 Å². The number of rotatable bonds is 0. The van der Waals surface area contributed by atoms with Crippen LogP contribution in [0, 0.1) is 0 Å². The minimum absolute atomic E-state index is 0.518. The maximum atomic E-state index is 11.8. The highest BCUT2D eigenvalue weighted by molar-refractivity contribution is 6.21. The van der Waals surface area contributed by atoms with Crippen molar-refractivity contribution in [1.82, 2.24) is 0 Å². The SMILES string of the molecule is F[C@@H]1[C@@H](Cl)CC1(F)F. The molecule has 0 radical (unpaired) electrons. The van der Waals surface area contributed by atoms with Gasteiger partial charge in [-0.2, -0.15) is 0 Å². The van der Waals surface area contributed by atoms with Gasteiger partial charge in [0.25, 0.3) is 5.92 Å². The Labute approximate surface area is 49.6 Å². The van der Waals surface area contributed by atoms with Crippen LogP contribution < -0.4 is 0 Å². The molecule has 1 fully saturated rings. The maximum Gasteiger partial charge on any atom is 0.281 e. The van der Waals surface area contributed by atoms with Gasteiger partial charge in [-0.05, 0) is 0 Å². The molecule has 0 heterocycles. The zero-order chi connectivity index (χ0) is 6.36. The standard InChI is InChI=1S/C4H4ClF3/c5-2-1-4(7,8)3(2)6/h2-3H,1H2/t2-,3+/m0/s1. The zero-order valence-electron chi connectivity index (χ0n) is 3.87. The second kappa shape index (κ2) is 1.53. The van der Waals surface area contributed by atoms with Crippen LogP contribution in [-0.2, 0) is 0 Å². The van der Waals surface area contributed by atoms with Crippen molar-refractivity contribution in [3.05, 3.63) is 0 Å². The lowest BCUT2D eigenvalue weighted by Crippen LogP contribution is -2.50. The fourth-order valence-corrected chi connectivity index (χ4v) is 0.970. The third kappa shape index (κ3) is 0.690. The van der Waals surface area contributed by atoms with Gasteiger partial charge in [0.1, 0.15) is 0 Å². The Morgan fingerprint density at radius 3 is 2.00 bits per heavy atom. The predicted octanol–water partition coefficient (Wildman–Crippen LogP) is 1.97. The summed E-state index contributed by atoms with van der Waals surface area (Å²) in [5.74, 6) is -3.15. The molecule has 4 heteroatoms. The second-order valence-corrected chi connectivity index (χ2v) is 2.44. The number of hydrogen-bond acceptors (Lipinski definition) is 0. The Balaban J connectivity index is 2.47. The molecule has 1 aliphatic carbocycles. The molecular weight excluding hydrogens is 140 g/mol. The van der Waals surface area contributed by atoms with Crippen LogP contribution in [0.4, 0.5) is 13.2 Å². The average molecular weight is 145 g/mol. The Morgan fingerprint density at radius 1 is 1.50 bits per heavy atom. The van der Waals surface area contributed by atoms with Crippen LogP contribution in [0.1, 0.15) is 6.42 Å². The zero-order valence-corrected chi connectivity index (χ0v) is 4.63. The van der Waals surface area contributed by atoms with E-state index < -0.39 is 23.9 Å². The molecule has 1 aliphatic rings. The summed E-state index contributed by atoms with van der Waals surface area (Å²) in [5.41, 5.74) is 0. The third-order valence-electron chi connectivity index (χ3n) is 1.19. The highest BCUT2D eigenvalue weighted by atomic mass is 35.5. The van der Waals surface area contributed by atoms with E-state index in [0.717, 1.165) is 0 Å². The molecule has 0 aliphatic heterocycles. The topological polar surface area (TPSA) is 0 Å². The lowest BCUT2D eigenvalue weighted by atomic mass is 9.92. The molecule has 0 amide bonds. The van der Waals surface area contributed by atoms with E-state index in [9.17, 15) is 13.2 Å². The first-order valence-electron chi connectivity index (χ1n) is 2.20. The minimum atomic E-state index is -3.15. The van der Waals surface area contributed by atoms with Crippen LogP contribution in [0.2, 0.25) is 0 Å². The molecule has 0 spiro atoms.